The number of rotatable bonds is 9. The maximum atomic E-state index is 14.8. The third-order valence-electron chi connectivity index (χ3n) is 8.63. The summed E-state index contributed by atoms with van der Waals surface area (Å²) in [6.07, 6.45) is 7.31. The number of hydrogen-bond donors (Lipinski definition) is 3. The topological polar surface area (TPSA) is 149 Å². The van der Waals surface area contributed by atoms with Gasteiger partial charge in [-0.05, 0) is 83.4 Å². The number of fused-ring (bicyclic) bond motifs is 1. The molecule has 2 aromatic carbocycles. The van der Waals surface area contributed by atoms with Crippen molar-refractivity contribution in [3.63, 3.8) is 0 Å². The van der Waals surface area contributed by atoms with Crippen molar-refractivity contribution in [3.8, 4) is 22.6 Å². The van der Waals surface area contributed by atoms with Crippen LogP contribution in [0.2, 0.25) is 0 Å². The highest BCUT2D eigenvalue weighted by molar-refractivity contribution is 7.91. The second kappa shape index (κ2) is 13.8. The molecule has 3 N–H and O–H groups in total. The quantitative estimate of drug-likeness (QED) is 0.163. The van der Waals surface area contributed by atoms with Gasteiger partial charge in [-0.25, -0.2) is 26.0 Å². The molecular formula is C37H40F2N4O7S. The van der Waals surface area contributed by atoms with E-state index in [9.17, 15) is 31.6 Å². The van der Waals surface area contributed by atoms with Crippen molar-refractivity contribution in [2.24, 2.45) is 5.92 Å². The molecule has 0 saturated carbocycles. The van der Waals surface area contributed by atoms with Gasteiger partial charge >= 0.3 is 6.09 Å². The van der Waals surface area contributed by atoms with E-state index in [1.54, 1.807) is 66.7 Å². The molecule has 0 fully saturated rings. The molecule has 0 radical (unpaired) electrons. The number of anilines is 1. The van der Waals surface area contributed by atoms with Crippen LogP contribution in [0.15, 0.2) is 83.5 Å². The molecule has 1 aliphatic rings. The number of allylic oxidation sites excluding steroid dienone is 3. The van der Waals surface area contributed by atoms with Gasteiger partial charge in [0.2, 0.25) is 15.9 Å². The monoisotopic (exact) mass is 722 g/mol. The molecule has 4 aromatic rings. The highest BCUT2D eigenvalue weighted by atomic mass is 32.2. The van der Waals surface area contributed by atoms with Crippen LogP contribution in [0.25, 0.3) is 22.0 Å². The number of aromatic amines is 1. The number of amides is 2. The van der Waals surface area contributed by atoms with E-state index in [4.69, 9.17) is 9.47 Å². The van der Waals surface area contributed by atoms with Gasteiger partial charge in [0.15, 0.2) is 11.6 Å². The van der Waals surface area contributed by atoms with Gasteiger partial charge in [0.05, 0.1) is 0 Å². The van der Waals surface area contributed by atoms with Crippen molar-refractivity contribution >= 4 is 38.6 Å². The average Bonchev–Trinajstić information content (AvgIpc) is 3.50. The first-order valence-corrected chi connectivity index (χ1v) is 17.7. The Hall–Kier alpha value is -5.24. The number of hydrogen-bond acceptors (Lipinski definition) is 7. The molecule has 0 aliphatic heterocycles. The normalized spacial score (nSPS) is 16.9. The van der Waals surface area contributed by atoms with Crippen LogP contribution in [0.3, 0.4) is 0 Å². The van der Waals surface area contributed by atoms with Crippen LogP contribution >= 0.6 is 0 Å². The van der Waals surface area contributed by atoms with Crippen molar-refractivity contribution in [3.05, 3.63) is 101 Å². The summed E-state index contributed by atoms with van der Waals surface area (Å²) in [4.78, 5) is 42.0. The molecule has 14 heteroatoms. The predicted octanol–water partition coefficient (Wildman–Crippen LogP) is 7.40. The molecule has 2 amide bonds. The minimum absolute atomic E-state index is 0.0397. The first kappa shape index (κ1) is 37.0. The summed E-state index contributed by atoms with van der Waals surface area (Å²) in [6, 6.07) is 7.69. The average molecular weight is 723 g/mol. The Bertz CT molecular complexity index is 2250. The van der Waals surface area contributed by atoms with Crippen LogP contribution in [0, 0.1) is 17.6 Å². The fraction of sp³-hybridized carbons (Fsp3) is 0.324. The van der Waals surface area contributed by atoms with Crippen LogP contribution in [0.1, 0.15) is 54.9 Å². The van der Waals surface area contributed by atoms with E-state index < -0.39 is 55.6 Å². The predicted molar refractivity (Wildman–Crippen MR) is 191 cm³/mol. The van der Waals surface area contributed by atoms with E-state index >= 15 is 0 Å². The number of aromatic nitrogens is 2. The fourth-order valence-electron chi connectivity index (χ4n) is 5.70. The Kier molecular flexibility index (Phi) is 10.0. The van der Waals surface area contributed by atoms with Gasteiger partial charge < -0.3 is 25.1 Å². The lowest BCUT2D eigenvalue weighted by Crippen LogP contribution is -2.48. The third-order valence-corrected chi connectivity index (χ3v) is 11.1. The lowest BCUT2D eigenvalue weighted by Gasteiger charge is -2.31. The maximum absolute atomic E-state index is 14.8. The summed E-state index contributed by atoms with van der Waals surface area (Å²) in [6.45, 7) is 11.9. The van der Waals surface area contributed by atoms with Gasteiger partial charge in [0, 0.05) is 40.7 Å². The van der Waals surface area contributed by atoms with E-state index in [1.165, 1.54) is 36.7 Å². The van der Waals surface area contributed by atoms with Crippen LogP contribution in [0.4, 0.5) is 19.3 Å². The van der Waals surface area contributed by atoms with Crippen LogP contribution in [-0.4, -0.2) is 45.8 Å². The summed E-state index contributed by atoms with van der Waals surface area (Å²) in [5, 5.41) is 5.60. The highest BCUT2D eigenvalue weighted by Gasteiger charge is 2.43. The minimum Gasteiger partial charge on any atom is -0.454 e. The summed E-state index contributed by atoms with van der Waals surface area (Å²) in [5.41, 5.74) is -0.308. The van der Waals surface area contributed by atoms with Gasteiger partial charge in [0.25, 0.3) is 5.56 Å². The van der Waals surface area contributed by atoms with Gasteiger partial charge in [-0.1, -0.05) is 37.6 Å². The zero-order chi connectivity index (χ0) is 37.5. The number of carbonyl (C=O) groups is 2. The fourth-order valence-corrected chi connectivity index (χ4v) is 7.56. The number of nitrogens with zero attached hydrogens (tertiary/aromatic N) is 1. The Morgan fingerprint density at radius 2 is 1.75 bits per heavy atom. The van der Waals surface area contributed by atoms with Crippen molar-refractivity contribution in [2.75, 3.05) is 5.32 Å². The van der Waals surface area contributed by atoms with Crippen LogP contribution in [0.5, 0.6) is 11.5 Å². The number of nitrogens with one attached hydrogen (secondary N) is 3. The second-order valence-corrected chi connectivity index (χ2v) is 16.1. The number of benzene rings is 2. The van der Waals surface area contributed by atoms with E-state index in [2.05, 4.69) is 15.6 Å². The first-order chi connectivity index (χ1) is 23.8. The van der Waals surface area contributed by atoms with Crippen LogP contribution < -0.4 is 20.9 Å². The van der Waals surface area contributed by atoms with Gasteiger partial charge in [-0.2, -0.15) is 0 Å². The second-order valence-electron chi connectivity index (χ2n) is 13.9. The number of pyridine rings is 1. The molecule has 11 nitrogen and oxygen atoms in total. The number of ether oxygens (including phenoxy) is 2. The van der Waals surface area contributed by atoms with E-state index in [0.717, 1.165) is 16.1 Å². The highest BCUT2D eigenvalue weighted by Crippen LogP contribution is 2.41. The first-order valence-electron chi connectivity index (χ1n) is 16.2. The van der Waals surface area contributed by atoms with Gasteiger partial charge in [0.1, 0.15) is 33.5 Å². The van der Waals surface area contributed by atoms with E-state index in [1.807, 2.05) is 0 Å². The summed E-state index contributed by atoms with van der Waals surface area (Å²) >= 11 is 0. The smallest absolute Gasteiger partial charge is 0.408 e. The number of carbonyl (C=O) groups excluding carboxylic acids is 2. The minimum atomic E-state index is -4.19. The maximum Gasteiger partial charge on any atom is 0.408 e. The zero-order valence-corrected chi connectivity index (χ0v) is 30.1. The number of H-pyrrole nitrogens is 1. The van der Waals surface area contributed by atoms with Crippen molar-refractivity contribution in [1.82, 2.24) is 14.3 Å². The molecule has 2 atom stereocenters. The van der Waals surface area contributed by atoms with Crippen molar-refractivity contribution < 1.29 is 36.3 Å². The third kappa shape index (κ3) is 7.46. The number of alkyl carbamates (subject to hydrolysis) is 1. The summed E-state index contributed by atoms with van der Waals surface area (Å²) < 4.78 is 67.7. The molecule has 270 valence electrons. The molecule has 1 unspecified atom stereocenters. The Morgan fingerprint density at radius 3 is 2.39 bits per heavy atom. The Morgan fingerprint density at radius 1 is 1.04 bits per heavy atom. The van der Waals surface area contributed by atoms with Gasteiger partial charge in [-0.15, -0.1) is 0 Å². The molecule has 0 bridgehead atoms. The molecule has 51 heavy (non-hydrogen) atoms. The van der Waals surface area contributed by atoms with E-state index in [0.29, 0.717) is 11.6 Å². The summed E-state index contributed by atoms with van der Waals surface area (Å²) in [7, 11) is -4.19. The molecule has 1 aliphatic carbocycles. The molecule has 5 rings (SSSR count). The SMILES string of the molecule is CC1=CC=CCC1(C)S(=O)(=O)n1ccc2c(-c3cc(NC(=O)[C@@H](NC(=O)OC(C)(C)C)C(C)C)ccc3Oc3ccc(F)cc3F)c[nH]c(=O)c21. The molecule has 0 saturated heterocycles. The van der Waals surface area contributed by atoms with Gasteiger partial charge in [-0.3, -0.25) is 9.59 Å². The lowest BCUT2D eigenvalue weighted by atomic mass is 9.94. The molecule has 2 heterocycles. The largest absolute Gasteiger partial charge is 0.454 e. The lowest BCUT2D eigenvalue weighted by molar-refractivity contribution is -0.119. The Balaban J connectivity index is 1.62. The standard InChI is InChI=1S/C37H40F2N4O7S/c1-21(2)31(42-35(46)50-36(4,5)6)33(44)41-24-12-14-29(49-30-13-11-23(38)18-28(30)39)26(19-24)27-20-40-34(45)32-25(27)15-17-43(32)51(47,48)37(7)16-9-8-10-22(37)3/h8-15,17-21,31H,16H2,1-7H3,(H,40,45)(H,41,44)(H,42,46)/t31-,37?/m0/s1. The van der Waals surface area contributed by atoms with E-state index in [-0.39, 0.29) is 51.6 Å². The Labute approximate surface area is 294 Å². The van der Waals surface area contributed by atoms with Crippen molar-refractivity contribution in [2.45, 2.75) is 71.3 Å². The molecule has 2 aromatic heterocycles. The molecule has 0 spiro atoms. The number of halogens is 2. The van der Waals surface area contributed by atoms with Crippen LogP contribution in [-0.2, 0) is 19.6 Å². The van der Waals surface area contributed by atoms with Crippen molar-refractivity contribution in [1.29, 1.82) is 0 Å². The summed E-state index contributed by atoms with van der Waals surface area (Å²) in [5.74, 6) is -2.97. The zero-order valence-electron chi connectivity index (χ0n) is 29.3. The molecular weight excluding hydrogens is 682 g/mol.